The standard InChI is InChI=1S/C11H18O/c1-3-4-10-5-7-11(8-6-10)9(2)12/h5,7,10-11H,3-4,6,8H2,1-2H3. The number of allylic oxidation sites excluding steroid dienone is 2. The van der Waals surface area contributed by atoms with Gasteiger partial charge in [0.25, 0.3) is 0 Å². The Morgan fingerprint density at radius 2 is 2.17 bits per heavy atom. The highest BCUT2D eigenvalue weighted by Crippen LogP contribution is 2.25. The zero-order valence-electron chi connectivity index (χ0n) is 8.05. The molecule has 0 aliphatic heterocycles. The zero-order chi connectivity index (χ0) is 8.97. The van der Waals surface area contributed by atoms with E-state index < -0.39 is 0 Å². The summed E-state index contributed by atoms with van der Waals surface area (Å²) in [5.74, 6) is 1.28. The Kier molecular flexibility index (Phi) is 3.51. The van der Waals surface area contributed by atoms with Crippen LogP contribution in [0, 0.1) is 11.8 Å². The maximum Gasteiger partial charge on any atom is 0.136 e. The van der Waals surface area contributed by atoms with Crippen LogP contribution in [0.15, 0.2) is 12.2 Å². The Morgan fingerprint density at radius 3 is 2.58 bits per heavy atom. The van der Waals surface area contributed by atoms with Crippen LogP contribution < -0.4 is 0 Å². The van der Waals surface area contributed by atoms with Gasteiger partial charge in [0.05, 0.1) is 0 Å². The van der Waals surface area contributed by atoms with Gasteiger partial charge in [-0.1, -0.05) is 25.5 Å². The van der Waals surface area contributed by atoms with E-state index in [2.05, 4.69) is 19.1 Å². The Morgan fingerprint density at radius 1 is 1.42 bits per heavy atom. The molecule has 0 saturated carbocycles. The largest absolute Gasteiger partial charge is 0.299 e. The fourth-order valence-corrected chi connectivity index (χ4v) is 1.83. The van der Waals surface area contributed by atoms with Gasteiger partial charge >= 0.3 is 0 Å². The van der Waals surface area contributed by atoms with Crippen LogP contribution in [0.4, 0.5) is 0 Å². The fourth-order valence-electron chi connectivity index (χ4n) is 1.83. The molecule has 0 aromatic carbocycles. The van der Waals surface area contributed by atoms with Crippen LogP contribution in [-0.4, -0.2) is 5.78 Å². The smallest absolute Gasteiger partial charge is 0.136 e. The Hall–Kier alpha value is -0.590. The monoisotopic (exact) mass is 166 g/mol. The number of hydrogen-bond acceptors (Lipinski definition) is 1. The first-order valence-corrected chi connectivity index (χ1v) is 4.92. The van der Waals surface area contributed by atoms with Crippen LogP contribution in [0.5, 0.6) is 0 Å². The van der Waals surface area contributed by atoms with Crippen molar-refractivity contribution in [2.45, 2.75) is 39.5 Å². The summed E-state index contributed by atoms with van der Waals surface area (Å²) in [5.41, 5.74) is 0. The number of rotatable bonds is 3. The molecule has 0 saturated heterocycles. The molecule has 2 atom stereocenters. The van der Waals surface area contributed by atoms with Crippen molar-refractivity contribution in [3.8, 4) is 0 Å². The van der Waals surface area contributed by atoms with E-state index in [1.807, 2.05) is 0 Å². The average Bonchev–Trinajstić information content (AvgIpc) is 2.06. The Labute approximate surface area is 74.9 Å². The molecule has 0 fully saturated rings. The minimum Gasteiger partial charge on any atom is -0.299 e. The lowest BCUT2D eigenvalue weighted by Crippen LogP contribution is -2.14. The molecule has 1 aliphatic carbocycles. The van der Waals surface area contributed by atoms with E-state index in [4.69, 9.17) is 0 Å². The van der Waals surface area contributed by atoms with E-state index in [0.717, 1.165) is 12.3 Å². The van der Waals surface area contributed by atoms with Crippen molar-refractivity contribution in [3.63, 3.8) is 0 Å². The second kappa shape index (κ2) is 4.44. The molecule has 12 heavy (non-hydrogen) atoms. The summed E-state index contributed by atoms with van der Waals surface area (Å²) >= 11 is 0. The summed E-state index contributed by atoms with van der Waals surface area (Å²) in [6.45, 7) is 3.90. The van der Waals surface area contributed by atoms with Crippen LogP contribution in [0.25, 0.3) is 0 Å². The van der Waals surface area contributed by atoms with E-state index >= 15 is 0 Å². The second-order valence-electron chi connectivity index (χ2n) is 3.73. The summed E-state index contributed by atoms with van der Waals surface area (Å²) in [4.78, 5) is 11.0. The third-order valence-electron chi connectivity index (χ3n) is 2.65. The Bertz CT molecular complexity index is 181. The van der Waals surface area contributed by atoms with E-state index in [-0.39, 0.29) is 5.92 Å². The molecule has 0 aromatic heterocycles. The van der Waals surface area contributed by atoms with Crippen molar-refractivity contribution in [1.29, 1.82) is 0 Å². The third-order valence-corrected chi connectivity index (χ3v) is 2.65. The van der Waals surface area contributed by atoms with Crippen molar-refractivity contribution in [1.82, 2.24) is 0 Å². The highest BCUT2D eigenvalue weighted by Gasteiger charge is 2.17. The van der Waals surface area contributed by atoms with Gasteiger partial charge in [-0.2, -0.15) is 0 Å². The molecule has 1 nitrogen and oxygen atoms in total. The molecule has 0 aromatic rings. The molecule has 1 aliphatic rings. The average molecular weight is 166 g/mol. The highest BCUT2D eigenvalue weighted by atomic mass is 16.1. The van der Waals surface area contributed by atoms with Gasteiger partial charge in [-0.05, 0) is 32.1 Å². The van der Waals surface area contributed by atoms with Gasteiger partial charge in [0.2, 0.25) is 0 Å². The molecule has 0 bridgehead atoms. The van der Waals surface area contributed by atoms with Crippen LogP contribution in [-0.2, 0) is 4.79 Å². The van der Waals surface area contributed by atoms with Crippen molar-refractivity contribution in [2.24, 2.45) is 11.8 Å². The molecular weight excluding hydrogens is 148 g/mol. The lowest BCUT2D eigenvalue weighted by molar-refractivity contribution is -0.119. The van der Waals surface area contributed by atoms with Crippen LogP contribution in [0.3, 0.4) is 0 Å². The van der Waals surface area contributed by atoms with Crippen molar-refractivity contribution >= 4 is 5.78 Å². The van der Waals surface area contributed by atoms with E-state index in [1.165, 1.54) is 19.3 Å². The maximum absolute atomic E-state index is 11.0. The summed E-state index contributed by atoms with van der Waals surface area (Å²) in [5, 5.41) is 0. The predicted molar refractivity (Wildman–Crippen MR) is 50.9 cm³/mol. The normalized spacial score (nSPS) is 28.8. The van der Waals surface area contributed by atoms with Crippen LogP contribution >= 0.6 is 0 Å². The summed E-state index contributed by atoms with van der Waals surface area (Å²) < 4.78 is 0. The van der Waals surface area contributed by atoms with E-state index in [0.29, 0.717) is 5.78 Å². The molecular formula is C11H18O. The van der Waals surface area contributed by atoms with Gasteiger partial charge in [0, 0.05) is 5.92 Å². The van der Waals surface area contributed by atoms with Gasteiger partial charge in [0.1, 0.15) is 5.78 Å². The number of carbonyl (C=O) groups excluding carboxylic acids is 1. The van der Waals surface area contributed by atoms with Crippen molar-refractivity contribution in [3.05, 3.63) is 12.2 Å². The third kappa shape index (κ3) is 2.47. The Balaban J connectivity index is 2.42. The van der Waals surface area contributed by atoms with Crippen molar-refractivity contribution in [2.75, 3.05) is 0 Å². The molecule has 1 rings (SSSR count). The first kappa shape index (κ1) is 9.50. The molecule has 1 heteroatoms. The van der Waals surface area contributed by atoms with Gasteiger partial charge in [-0.25, -0.2) is 0 Å². The number of ketones is 1. The van der Waals surface area contributed by atoms with Crippen molar-refractivity contribution < 1.29 is 4.79 Å². The molecule has 68 valence electrons. The summed E-state index contributed by atoms with van der Waals surface area (Å²) in [6.07, 6.45) is 9.14. The minimum absolute atomic E-state index is 0.220. The van der Waals surface area contributed by atoms with Gasteiger partial charge in [-0.15, -0.1) is 0 Å². The van der Waals surface area contributed by atoms with Gasteiger partial charge in [0.15, 0.2) is 0 Å². The molecule has 0 heterocycles. The highest BCUT2D eigenvalue weighted by molar-refractivity contribution is 5.80. The fraction of sp³-hybridized carbons (Fsp3) is 0.727. The molecule has 0 radical (unpaired) electrons. The molecule has 0 spiro atoms. The van der Waals surface area contributed by atoms with Crippen LogP contribution in [0.2, 0.25) is 0 Å². The first-order chi connectivity index (χ1) is 5.74. The zero-order valence-corrected chi connectivity index (χ0v) is 8.05. The predicted octanol–water partition coefficient (Wildman–Crippen LogP) is 2.96. The van der Waals surface area contributed by atoms with Crippen LogP contribution in [0.1, 0.15) is 39.5 Å². The minimum atomic E-state index is 0.220. The molecule has 2 unspecified atom stereocenters. The first-order valence-electron chi connectivity index (χ1n) is 4.92. The second-order valence-corrected chi connectivity index (χ2v) is 3.73. The lowest BCUT2D eigenvalue weighted by Gasteiger charge is -2.20. The number of carbonyl (C=O) groups is 1. The van der Waals surface area contributed by atoms with E-state index in [1.54, 1.807) is 6.92 Å². The SMILES string of the molecule is CCCC1C=CC(C(C)=O)CC1. The number of hydrogen-bond donors (Lipinski definition) is 0. The van der Waals surface area contributed by atoms with Gasteiger partial charge < -0.3 is 0 Å². The van der Waals surface area contributed by atoms with Gasteiger partial charge in [-0.3, -0.25) is 4.79 Å². The summed E-state index contributed by atoms with van der Waals surface area (Å²) in [7, 11) is 0. The summed E-state index contributed by atoms with van der Waals surface area (Å²) in [6, 6.07) is 0. The van der Waals surface area contributed by atoms with E-state index in [9.17, 15) is 4.79 Å². The molecule has 0 amide bonds. The topological polar surface area (TPSA) is 17.1 Å². The molecule has 0 N–H and O–H groups in total. The maximum atomic E-state index is 11.0. The quantitative estimate of drug-likeness (QED) is 0.589. The number of Topliss-reactive ketones (excluding diaryl/α,β-unsaturated/α-hetero) is 1. The lowest BCUT2D eigenvalue weighted by atomic mass is 9.85.